The second kappa shape index (κ2) is 11.5. The Bertz CT molecular complexity index is 1430. The lowest BCUT2D eigenvalue weighted by molar-refractivity contribution is 0.285. The maximum Gasteiger partial charge on any atom is 0.210 e. The predicted octanol–water partition coefficient (Wildman–Crippen LogP) is 7.78. The first-order valence-electron chi connectivity index (χ1n) is 12.3. The van der Waals surface area contributed by atoms with Crippen molar-refractivity contribution in [2.45, 2.75) is 46.0 Å². The van der Waals surface area contributed by atoms with Gasteiger partial charge in [-0.3, -0.25) is 0 Å². The molecule has 0 unspecified atom stereocenters. The molecule has 0 bridgehead atoms. The van der Waals surface area contributed by atoms with E-state index in [1.54, 1.807) is 20.1 Å². The van der Waals surface area contributed by atoms with E-state index < -0.39 is 11.6 Å². The molecule has 0 spiro atoms. The van der Waals surface area contributed by atoms with Crippen LogP contribution in [0.25, 0.3) is 21.2 Å². The summed E-state index contributed by atoms with van der Waals surface area (Å²) < 4.78 is 36.5. The molecule has 194 valence electrons. The highest BCUT2D eigenvalue weighted by atomic mass is 35.5. The van der Waals surface area contributed by atoms with Crippen molar-refractivity contribution in [3.8, 4) is 17.2 Å². The van der Waals surface area contributed by atoms with Gasteiger partial charge in [0.25, 0.3) is 0 Å². The number of likely N-dealkylation sites (tertiary alicyclic amines) is 1. The number of allylic oxidation sites excluding steroid dienone is 1. The van der Waals surface area contributed by atoms with Crippen molar-refractivity contribution >= 4 is 43.9 Å². The monoisotopic (exact) mass is 542 g/mol. The topological polar surface area (TPSA) is 74.6 Å². The number of benzene rings is 2. The molecule has 2 N–H and O–H groups in total. The first-order chi connectivity index (χ1) is 17.8. The van der Waals surface area contributed by atoms with Gasteiger partial charge in [-0.05, 0) is 55.5 Å². The lowest BCUT2D eigenvalue weighted by Gasteiger charge is -2.27. The van der Waals surface area contributed by atoms with Crippen LogP contribution in [0, 0.1) is 29.9 Å². The highest BCUT2D eigenvalue weighted by Gasteiger charge is 2.26. The molecule has 2 heterocycles. The van der Waals surface area contributed by atoms with Crippen molar-refractivity contribution < 1.29 is 13.5 Å². The van der Waals surface area contributed by atoms with Gasteiger partial charge in [0, 0.05) is 29.6 Å². The number of amidine groups is 1. The van der Waals surface area contributed by atoms with Gasteiger partial charge in [0.05, 0.1) is 22.4 Å². The fourth-order valence-electron chi connectivity index (χ4n) is 4.74. The Morgan fingerprint density at radius 2 is 1.97 bits per heavy atom. The number of hydrogen-bond donors (Lipinski definition) is 1. The minimum Gasteiger partial charge on any atom is -0.481 e. The number of aliphatic imine (C=N–C) groups is 1. The third-order valence-corrected chi connectivity index (χ3v) is 7.94. The highest BCUT2D eigenvalue weighted by Crippen LogP contribution is 2.44. The van der Waals surface area contributed by atoms with Gasteiger partial charge in [0.1, 0.15) is 28.5 Å². The summed E-state index contributed by atoms with van der Waals surface area (Å²) in [6, 6.07) is 6.44. The Labute approximate surface area is 224 Å². The second-order valence-electron chi connectivity index (χ2n) is 8.96. The largest absolute Gasteiger partial charge is 0.481 e. The van der Waals surface area contributed by atoms with Gasteiger partial charge in [-0.25, -0.2) is 8.78 Å². The van der Waals surface area contributed by atoms with Crippen LogP contribution in [0.3, 0.4) is 0 Å². The van der Waals surface area contributed by atoms with E-state index in [0.29, 0.717) is 28.4 Å². The molecule has 0 aliphatic carbocycles. The van der Waals surface area contributed by atoms with Gasteiger partial charge < -0.3 is 15.4 Å². The maximum absolute atomic E-state index is 16.2. The molecule has 1 aliphatic rings. The molecule has 1 saturated heterocycles. The van der Waals surface area contributed by atoms with Crippen molar-refractivity contribution in [1.82, 2.24) is 4.90 Å². The molecule has 9 heteroatoms. The number of halogens is 3. The quantitative estimate of drug-likeness (QED) is 0.203. The van der Waals surface area contributed by atoms with E-state index in [1.807, 2.05) is 19.1 Å². The normalized spacial score (nSPS) is 15.1. The van der Waals surface area contributed by atoms with E-state index in [1.165, 1.54) is 12.1 Å². The van der Waals surface area contributed by atoms with Crippen LogP contribution in [0.4, 0.5) is 13.8 Å². The average molecular weight is 543 g/mol. The summed E-state index contributed by atoms with van der Waals surface area (Å²) in [7, 11) is 1.56. The molecule has 1 aromatic heterocycles. The van der Waals surface area contributed by atoms with Crippen molar-refractivity contribution in [2.75, 3.05) is 25.9 Å². The molecule has 0 radical (unpaired) electrons. The summed E-state index contributed by atoms with van der Waals surface area (Å²) in [5.41, 5.74) is 7.47. The molecular formula is C28H29ClF2N4OS. The third-order valence-electron chi connectivity index (χ3n) is 6.61. The number of thiophene rings is 1. The van der Waals surface area contributed by atoms with Crippen LogP contribution in [0.15, 0.2) is 35.2 Å². The van der Waals surface area contributed by atoms with Crippen LogP contribution >= 0.6 is 22.9 Å². The highest BCUT2D eigenvalue weighted by molar-refractivity contribution is 7.23. The van der Waals surface area contributed by atoms with E-state index in [0.717, 1.165) is 56.5 Å². The number of anilines is 1. The number of hydrogen-bond acceptors (Lipinski definition) is 5. The fourth-order valence-corrected chi connectivity index (χ4v) is 5.99. The smallest absolute Gasteiger partial charge is 0.210 e. The van der Waals surface area contributed by atoms with Crippen molar-refractivity contribution in [1.29, 1.82) is 5.26 Å². The van der Waals surface area contributed by atoms with Crippen LogP contribution in [-0.2, 0) is 4.74 Å². The first kappa shape index (κ1) is 26.9. The molecule has 4 rings (SSSR count). The summed E-state index contributed by atoms with van der Waals surface area (Å²) in [6.45, 7) is 5.26. The van der Waals surface area contributed by atoms with Gasteiger partial charge in [0.15, 0.2) is 0 Å². The summed E-state index contributed by atoms with van der Waals surface area (Å²) in [5.74, 6) is -0.0123. The lowest BCUT2D eigenvalue weighted by atomic mass is 9.94. The molecule has 5 nitrogen and oxygen atoms in total. The van der Waals surface area contributed by atoms with E-state index in [2.05, 4.69) is 4.90 Å². The van der Waals surface area contributed by atoms with Crippen LogP contribution < -0.4 is 5.73 Å². The number of methoxy groups -OCH3 is 1. The van der Waals surface area contributed by atoms with Crippen molar-refractivity contribution in [2.24, 2.45) is 4.99 Å². The number of nitrogen functional groups attached to an aromatic ring is 1. The van der Waals surface area contributed by atoms with Crippen molar-refractivity contribution in [3.63, 3.8) is 0 Å². The maximum atomic E-state index is 16.2. The number of nitrogens with two attached hydrogens (primary N) is 1. The molecule has 2 aromatic carbocycles. The van der Waals surface area contributed by atoms with Crippen LogP contribution in [0.5, 0.6) is 0 Å². The number of nitriles is 1. The molecule has 1 fully saturated rings. The number of rotatable bonds is 5. The minimum absolute atomic E-state index is 0.105. The van der Waals surface area contributed by atoms with Crippen LogP contribution in [0.1, 0.15) is 55.7 Å². The molecule has 37 heavy (non-hydrogen) atoms. The molecule has 0 atom stereocenters. The Morgan fingerprint density at radius 3 is 2.59 bits per heavy atom. The molecular weight excluding hydrogens is 514 g/mol. The van der Waals surface area contributed by atoms with Crippen LogP contribution in [0.2, 0.25) is 5.02 Å². The Balaban J connectivity index is 1.96. The summed E-state index contributed by atoms with van der Waals surface area (Å²) >= 11 is 7.73. The first-order valence-corrected chi connectivity index (χ1v) is 13.5. The van der Waals surface area contributed by atoms with E-state index in [9.17, 15) is 9.65 Å². The third kappa shape index (κ3) is 5.16. The number of ether oxygens (including phenoxy) is 1. The zero-order valence-corrected chi connectivity index (χ0v) is 22.7. The Morgan fingerprint density at radius 1 is 1.27 bits per heavy atom. The standard InChI is InChI=1S/C28H29ClF2N4OS/c1-4-9-22(36-3)34-28(35-12-7-5-6-8-13-35)18-14-20(29)24(25(31)16(18)2)17-10-11-21(30)26-23(17)19(15-32)27(33)37-26/h9-11,14H,4-8,12-13,33H2,1-3H3/b22-9-,34-28+. The average Bonchev–Trinajstić information content (AvgIpc) is 3.04. The van der Waals surface area contributed by atoms with Crippen molar-refractivity contribution in [3.05, 3.63) is 63.5 Å². The fraction of sp³-hybridized carbons (Fsp3) is 0.357. The number of fused-ring (bicyclic) bond motifs is 1. The molecule has 3 aromatic rings. The van der Waals surface area contributed by atoms with E-state index in [-0.39, 0.29) is 31.2 Å². The minimum atomic E-state index is -0.551. The van der Waals surface area contributed by atoms with Crippen LogP contribution in [-0.4, -0.2) is 30.9 Å². The van der Waals surface area contributed by atoms with Gasteiger partial charge >= 0.3 is 0 Å². The van der Waals surface area contributed by atoms with E-state index >= 15 is 4.39 Å². The molecule has 0 amide bonds. The summed E-state index contributed by atoms with van der Waals surface area (Å²) in [5, 5.41) is 10.3. The van der Waals surface area contributed by atoms with Gasteiger partial charge in [-0.15, -0.1) is 11.3 Å². The zero-order chi connectivity index (χ0) is 26.7. The van der Waals surface area contributed by atoms with Gasteiger partial charge in [0.2, 0.25) is 5.88 Å². The SMILES string of the molecule is CC/C=C(/N=C(\c1cc(Cl)c(-c2ccc(F)c3sc(N)c(C#N)c23)c(F)c1C)N1CCCCCC1)OC. The zero-order valence-electron chi connectivity index (χ0n) is 21.1. The number of nitrogens with zero attached hydrogens (tertiary/aromatic N) is 3. The Hall–Kier alpha value is -3.15. The molecule has 1 aliphatic heterocycles. The predicted molar refractivity (Wildman–Crippen MR) is 148 cm³/mol. The molecule has 0 saturated carbocycles. The summed E-state index contributed by atoms with van der Waals surface area (Å²) in [6.07, 6.45) is 6.89. The Kier molecular flexibility index (Phi) is 8.35. The van der Waals surface area contributed by atoms with Gasteiger partial charge in [-0.1, -0.05) is 37.4 Å². The summed E-state index contributed by atoms with van der Waals surface area (Å²) in [4.78, 5) is 6.97. The lowest BCUT2D eigenvalue weighted by Crippen LogP contribution is -2.33. The van der Waals surface area contributed by atoms with E-state index in [4.69, 9.17) is 27.1 Å². The van der Waals surface area contributed by atoms with Gasteiger partial charge in [-0.2, -0.15) is 10.3 Å². The second-order valence-corrected chi connectivity index (χ2v) is 10.4.